The molecule has 0 unspecified atom stereocenters. The van der Waals surface area contributed by atoms with Gasteiger partial charge >= 0.3 is 12.1 Å². The van der Waals surface area contributed by atoms with Crippen molar-refractivity contribution < 1.29 is 28.7 Å². The maximum atomic E-state index is 13.8. The second kappa shape index (κ2) is 12.4. The minimum atomic E-state index is -0.777. The number of β-lactam (4-membered cyclic amide) rings is 1. The van der Waals surface area contributed by atoms with Gasteiger partial charge in [-0.25, -0.2) is 9.59 Å². The van der Waals surface area contributed by atoms with Crippen molar-refractivity contribution in [3.63, 3.8) is 0 Å². The van der Waals surface area contributed by atoms with E-state index in [9.17, 15) is 19.2 Å². The third-order valence-electron chi connectivity index (χ3n) is 6.48. The highest BCUT2D eigenvalue weighted by Gasteiger charge is 2.54. The number of nitrogens with zero attached hydrogens (tertiary/aromatic N) is 1. The molecule has 9 nitrogen and oxygen atoms in total. The number of hydrogen-bond acceptors (Lipinski definition) is 8. The van der Waals surface area contributed by atoms with Gasteiger partial charge in [0.2, 0.25) is 5.91 Å². The summed E-state index contributed by atoms with van der Waals surface area (Å²) in [4.78, 5) is 53.9. The normalized spacial score (nSPS) is 18.1. The molecule has 2 aromatic carbocycles. The molecule has 40 heavy (non-hydrogen) atoms. The number of thiophene rings is 1. The zero-order valence-corrected chi connectivity index (χ0v) is 23.2. The molecule has 0 saturated carbocycles. The number of esters is 1. The van der Waals surface area contributed by atoms with Gasteiger partial charge in [-0.1, -0.05) is 66.7 Å². The van der Waals surface area contributed by atoms with Crippen molar-refractivity contribution in [2.75, 3.05) is 19.4 Å². The van der Waals surface area contributed by atoms with Gasteiger partial charge in [-0.05, 0) is 22.6 Å². The van der Waals surface area contributed by atoms with Crippen molar-refractivity contribution in [1.29, 1.82) is 0 Å². The molecule has 2 aliphatic heterocycles. The topological polar surface area (TPSA) is 114 Å². The Morgan fingerprint density at radius 1 is 1.00 bits per heavy atom. The number of fused-ring (bicyclic) bond motifs is 1. The third kappa shape index (κ3) is 5.90. The van der Waals surface area contributed by atoms with E-state index >= 15 is 0 Å². The zero-order valence-electron chi connectivity index (χ0n) is 21.6. The van der Waals surface area contributed by atoms with Crippen LogP contribution in [0.2, 0.25) is 0 Å². The molecule has 2 aliphatic rings. The van der Waals surface area contributed by atoms with E-state index in [0.29, 0.717) is 11.3 Å². The molecule has 5 rings (SSSR count). The SMILES string of the molecule is CNC(=O)OCC1=C(C(=O)OC(c2ccccc2)c2ccccc2)N2C(=O)[C@@H](NC(=O)Cc3cccs3)[C@H]2SC1. The lowest BCUT2D eigenvalue weighted by atomic mass is 10.0. The van der Waals surface area contributed by atoms with Gasteiger partial charge < -0.3 is 20.1 Å². The summed E-state index contributed by atoms with van der Waals surface area (Å²) in [5.74, 6) is -1.09. The first-order chi connectivity index (χ1) is 19.5. The second-order valence-corrected chi connectivity index (χ2v) is 11.2. The van der Waals surface area contributed by atoms with Crippen LogP contribution in [-0.2, 0) is 30.3 Å². The van der Waals surface area contributed by atoms with Gasteiger partial charge in [0, 0.05) is 23.3 Å². The van der Waals surface area contributed by atoms with Crippen molar-refractivity contribution in [1.82, 2.24) is 15.5 Å². The molecular weight excluding hydrogens is 550 g/mol. The highest BCUT2D eigenvalue weighted by atomic mass is 32.2. The van der Waals surface area contributed by atoms with Crippen LogP contribution in [0.25, 0.3) is 0 Å². The van der Waals surface area contributed by atoms with Gasteiger partial charge in [-0.2, -0.15) is 0 Å². The maximum Gasteiger partial charge on any atom is 0.407 e. The van der Waals surface area contributed by atoms with Gasteiger partial charge in [0.1, 0.15) is 23.7 Å². The number of ether oxygens (including phenoxy) is 2. The highest BCUT2D eigenvalue weighted by molar-refractivity contribution is 8.00. The number of amides is 3. The molecule has 0 aliphatic carbocycles. The lowest BCUT2D eigenvalue weighted by molar-refractivity contribution is -0.154. The third-order valence-corrected chi connectivity index (χ3v) is 8.70. The smallest absolute Gasteiger partial charge is 0.407 e. The largest absolute Gasteiger partial charge is 0.448 e. The summed E-state index contributed by atoms with van der Waals surface area (Å²) in [5, 5.41) is 6.59. The fourth-order valence-corrected chi connectivity index (χ4v) is 6.58. The zero-order chi connectivity index (χ0) is 28.1. The Hall–Kier alpha value is -4.09. The Balaban J connectivity index is 1.40. The first kappa shape index (κ1) is 27.5. The van der Waals surface area contributed by atoms with Gasteiger partial charge in [-0.3, -0.25) is 14.5 Å². The molecule has 0 bridgehead atoms. The summed E-state index contributed by atoms with van der Waals surface area (Å²) in [6.07, 6.45) is -1.22. The lowest BCUT2D eigenvalue weighted by Gasteiger charge is -2.49. The number of alkyl carbamates (subject to hydrolysis) is 1. The summed E-state index contributed by atoms with van der Waals surface area (Å²) in [6.45, 7) is -0.190. The minimum Gasteiger partial charge on any atom is -0.448 e. The van der Waals surface area contributed by atoms with Crippen molar-refractivity contribution in [3.05, 3.63) is 105 Å². The Morgan fingerprint density at radius 2 is 1.68 bits per heavy atom. The molecule has 3 aromatic rings. The average Bonchev–Trinajstić information content (AvgIpc) is 3.50. The van der Waals surface area contributed by atoms with E-state index in [0.717, 1.165) is 16.0 Å². The molecule has 11 heteroatoms. The average molecular weight is 578 g/mol. The molecule has 206 valence electrons. The van der Waals surface area contributed by atoms with Crippen LogP contribution in [0.4, 0.5) is 4.79 Å². The number of benzene rings is 2. The number of rotatable bonds is 9. The summed E-state index contributed by atoms with van der Waals surface area (Å²) in [5.41, 5.74) is 2.02. The van der Waals surface area contributed by atoms with Gasteiger partial charge in [0.15, 0.2) is 6.10 Å². The Morgan fingerprint density at radius 3 is 2.27 bits per heavy atom. The van der Waals surface area contributed by atoms with E-state index in [1.165, 1.54) is 35.0 Å². The van der Waals surface area contributed by atoms with E-state index in [-0.39, 0.29) is 24.6 Å². The highest BCUT2D eigenvalue weighted by Crippen LogP contribution is 2.41. The standard InChI is InChI=1S/C29H27N3O6S2/c1-30-29(36)37-16-20-17-40-27-23(31-22(33)15-21-13-8-14-39-21)26(34)32(27)24(20)28(35)38-25(18-9-4-2-5-10-18)19-11-6-3-7-12-19/h2-14,23,25,27H,15-17H2,1H3,(H,30,36)(H,31,33)/t23-,27-/m1/s1. The van der Waals surface area contributed by atoms with Crippen molar-refractivity contribution in [3.8, 4) is 0 Å². The van der Waals surface area contributed by atoms with Gasteiger partial charge in [0.25, 0.3) is 5.91 Å². The molecule has 3 amide bonds. The minimum absolute atomic E-state index is 0.0401. The Bertz CT molecular complexity index is 1370. The molecule has 1 saturated heterocycles. The van der Waals surface area contributed by atoms with E-state index < -0.39 is 35.5 Å². The molecule has 2 N–H and O–H groups in total. The van der Waals surface area contributed by atoms with Crippen LogP contribution in [0, 0.1) is 0 Å². The number of carbonyl (C=O) groups is 4. The van der Waals surface area contributed by atoms with Crippen LogP contribution in [0.1, 0.15) is 22.1 Å². The monoisotopic (exact) mass is 577 g/mol. The molecule has 0 radical (unpaired) electrons. The first-order valence-corrected chi connectivity index (χ1v) is 14.5. The first-order valence-electron chi connectivity index (χ1n) is 12.6. The Labute approximate surface area is 239 Å². The van der Waals surface area contributed by atoms with Crippen molar-refractivity contribution in [2.45, 2.75) is 23.9 Å². The van der Waals surface area contributed by atoms with Crippen LogP contribution < -0.4 is 10.6 Å². The van der Waals surface area contributed by atoms with Crippen LogP contribution >= 0.6 is 23.1 Å². The van der Waals surface area contributed by atoms with E-state index in [2.05, 4.69) is 10.6 Å². The number of carbonyl (C=O) groups excluding carboxylic acids is 4. The summed E-state index contributed by atoms with van der Waals surface area (Å²) in [6, 6.07) is 21.6. The predicted octanol–water partition coefficient (Wildman–Crippen LogP) is 3.63. The Kier molecular flexibility index (Phi) is 8.51. The van der Waals surface area contributed by atoms with Gasteiger partial charge in [-0.15, -0.1) is 23.1 Å². The predicted molar refractivity (Wildman–Crippen MR) is 151 cm³/mol. The molecular formula is C29H27N3O6S2. The number of nitrogens with one attached hydrogen (secondary N) is 2. The van der Waals surface area contributed by atoms with Gasteiger partial charge in [0.05, 0.1) is 6.42 Å². The molecule has 0 spiro atoms. The second-order valence-electron chi connectivity index (χ2n) is 9.10. The summed E-state index contributed by atoms with van der Waals surface area (Å²) >= 11 is 2.86. The van der Waals surface area contributed by atoms with E-state index in [1.807, 2.05) is 78.2 Å². The maximum absolute atomic E-state index is 13.8. The van der Waals surface area contributed by atoms with Crippen molar-refractivity contribution >= 4 is 47.0 Å². The van der Waals surface area contributed by atoms with Crippen LogP contribution in [-0.4, -0.2) is 59.6 Å². The fourth-order valence-electron chi connectivity index (χ4n) is 4.55. The molecule has 1 fully saturated rings. The molecule has 1 aromatic heterocycles. The molecule has 2 atom stereocenters. The summed E-state index contributed by atoms with van der Waals surface area (Å²) in [7, 11) is 1.43. The molecule has 3 heterocycles. The fraction of sp³-hybridized carbons (Fsp3) is 0.241. The van der Waals surface area contributed by atoms with Crippen LogP contribution in [0.15, 0.2) is 89.4 Å². The number of hydrogen-bond donors (Lipinski definition) is 2. The van der Waals surface area contributed by atoms with Crippen LogP contribution in [0.5, 0.6) is 0 Å². The van der Waals surface area contributed by atoms with E-state index in [1.54, 1.807) is 0 Å². The van der Waals surface area contributed by atoms with E-state index in [4.69, 9.17) is 9.47 Å². The van der Waals surface area contributed by atoms with Crippen LogP contribution in [0.3, 0.4) is 0 Å². The number of thioether (sulfide) groups is 1. The lowest BCUT2D eigenvalue weighted by Crippen LogP contribution is -2.70. The van der Waals surface area contributed by atoms with Crippen molar-refractivity contribution in [2.24, 2.45) is 0 Å². The quantitative estimate of drug-likeness (QED) is 0.295. The summed E-state index contributed by atoms with van der Waals surface area (Å²) < 4.78 is 11.3.